The zero-order chi connectivity index (χ0) is 18.0. The van der Waals surface area contributed by atoms with Gasteiger partial charge in [0.25, 0.3) is 5.91 Å². The Kier molecular flexibility index (Phi) is 5.11. The van der Waals surface area contributed by atoms with E-state index in [0.29, 0.717) is 6.54 Å². The Hall–Kier alpha value is -1.92. The lowest BCUT2D eigenvalue weighted by molar-refractivity contribution is -0.130. The highest BCUT2D eigenvalue weighted by molar-refractivity contribution is 6.06. The number of carbonyl (C=O) groups excluding carboxylic acids is 2. The van der Waals surface area contributed by atoms with Gasteiger partial charge in [0.05, 0.1) is 12.2 Å². The predicted octanol–water partition coefficient (Wildman–Crippen LogP) is 2.17. The first kappa shape index (κ1) is 17.9. The number of imide groups is 1. The Bertz CT molecular complexity index is 632. The third-order valence-electron chi connectivity index (χ3n) is 4.81. The van der Waals surface area contributed by atoms with Gasteiger partial charge in [-0.2, -0.15) is 0 Å². The average Bonchev–Trinajstić information content (AvgIpc) is 2.77. The molecule has 1 aromatic carbocycles. The van der Waals surface area contributed by atoms with Gasteiger partial charge in [-0.3, -0.25) is 14.6 Å². The number of nitrogens with one attached hydrogen (secondary N) is 1. The van der Waals surface area contributed by atoms with E-state index in [2.05, 4.69) is 29.3 Å². The number of benzene rings is 1. The molecule has 2 fully saturated rings. The molecule has 0 radical (unpaired) electrons. The van der Waals surface area contributed by atoms with Crippen LogP contribution in [0.1, 0.15) is 38.9 Å². The zero-order valence-electron chi connectivity index (χ0n) is 15.2. The van der Waals surface area contributed by atoms with Crippen molar-refractivity contribution in [3.63, 3.8) is 0 Å². The van der Waals surface area contributed by atoms with Crippen LogP contribution >= 0.6 is 0 Å². The molecule has 136 valence electrons. The Morgan fingerprint density at radius 1 is 1.16 bits per heavy atom. The summed E-state index contributed by atoms with van der Waals surface area (Å²) in [6.45, 7) is 8.56. The van der Waals surface area contributed by atoms with E-state index >= 15 is 0 Å². The van der Waals surface area contributed by atoms with Crippen LogP contribution in [0.4, 0.5) is 4.79 Å². The number of amides is 3. The molecule has 6 heteroatoms. The standard InChI is InChI=1S/C19H27N3O3/c1-14-12-21(13-16(25-14)15-8-5-4-6-9-15)10-7-11-22-17(23)19(2,3)20-18(22)24/h4-6,8-9,14,16H,7,10-13H2,1-3H3,(H,20,24). The van der Waals surface area contributed by atoms with E-state index in [1.807, 2.05) is 18.2 Å². The summed E-state index contributed by atoms with van der Waals surface area (Å²) < 4.78 is 6.07. The van der Waals surface area contributed by atoms with Gasteiger partial charge in [0.2, 0.25) is 0 Å². The summed E-state index contributed by atoms with van der Waals surface area (Å²) in [7, 11) is 0. The van der Waals surface area contributed by atoms with Crippen molar-refractivity contribution in [1.29, 1.82) is 0 Å². The molecule has 0 bridgehead atoms. The van der Waals surface area contributed by atoms with E-state index < -0.39 is 5.54 Å². The van der Waals surface area contributed by atoms with Crippen molar-refractivity contribution in [2.24, 2.45) is 0 Å². The van der Waals surface area contributed by atoms with Crippen molar-refractivity contribution in [3.8, 4) is 0 Å². The summed E-state index contributed by atoms with van der Waals surface area (Å²) in [4.78, 5) is 27.8. The molecular weight excluding hydrogens is 318 g/mol. The highest BCUT2D eigenvalue weighted by atomic mass is 16.5. The van der Waals surface area contributed by atoms with Gasteiger partial charge in [-0.1, -0.05) is 30.3 Å². The summed E-state index contributed by atoms with van der Waals surface area (Å²) in [6.07, 6.45) is 0.999. The molecule has 1 aromatic rings. The molecule has 25 heavy (non-hydrogen) atoms. The Balaban J connectivity index is 1.53. The maximum Gasteiger partial charge on any atom is 0.325 e. The molecule has 2 heterocycles. The maximum atomic E-state index is 12.2. The number of hydrogen-bond acceptors (Lipinski definition) is 4. The van der Waals surface area contributed by atoms with Crippen LogP contribution in [0, 0.1) is 0 Å². The third kappa shape index (κ3) is 4.02. The molecule has 6 nitrogen and oxygen atoms in total. The predicted molar refractivity (Wildman–Crippen MR) is 95.1 cm³/mol. The molecule has 0 aliphatic carbocycles. The van der Waals surface area contributed by atoms with Crippen LogP contribution in [0.25, 0.3) is 0 Å². The van der Waals surface area contributed by atoms with Crippen LogP contribution in [0.5, 0.6) is 0 Å². The molecule has 3 amide bonds. The molecular formula is C19H27N3O3. The van der Waals surface area contributed by atoms with Crippen LogP contribution in [0.3, 0.4) is 0 Å². The number of nitrogens with zero attached hydrogens (tertiary/aromatic N) is 2. The summed E-state index contributed by atoms with van der Waals surface area (Å²) in [6, 6.07) is 9.97. The minimum absolute atomic E-state index is 0.0700. The molecule has 2 aliphatic heterocycles. The minimum atomic E-state index is -0.789. The maximum absolute atomic E-state index is 12.2. The third-order valence-corrected chi connectivity index (χ3v) is 4.81. The van der Waals surface area contributed by atoms with E-state index in [-0.39, 0.29) is 24.1 Å². The Morgan fingerprint density at radius 3 is 2.52 bits per heavy atom. The topological polar surface area (TPSA) is 61.9 Å². The monoisotopic (exact) mass is 345 g/mol. The lowest BCUT2D eigenvalue weighted by atomic mass is 10.1. The second-order valence-corrected chi connectivity index (χ2v) is 7.47. The van der Waals surface area contributed by atoms with Crippen molar-refractivity contribution in [2.75, 3.05) is 26.2 Å². The number of rotatable bonds is 5. The summed E-state index contributed by atoms with van der Waals surface area (Å²) in [5, 5.41) is 2.72. The summed E-state index contributed by atoms with van der Waals surface area (Å²) in [5.74, 6) is -0.144. The Morgan fingerprint density at radius 2 is 1.88 bits per heavy atom. The van der Waals surface area contributed by atoms with Crippen LogP contribution in [0.2, 0.25) is 0 Å². The fourth-order valence-electron chi connectivity index (χ4n) is 3.55. The fourth-order valence-corrected chi connectivity index (χ4v) is 3.55. The Labute approximate surface area is 149 Å². The van der Waals surface area contributed by atoms with Crippen LogP contribution < -0.4 is 5.32 Å². The van der Waals surface area contributed by atoms with Crippen molar-refractivity contribution in [2.45, 2.75) is 44.9 Å². The lowest BCUT2D eigenvalue weighted by Crippen LogP contribution is -2.44. The van der Waals surface area contributed by atoms with Crippen molar-refractivity contribution < 1.29 is 14.3 Å². The molecule has 2 saturated heterocycles. The molecule has 0 saturated carbocycles. The van der Waals surface area contributed by atoms with Gasteiger partial charge in [0, 0.05) is 26.2 Å². The first-order chi connectivity index (χ1) is 11.9. The largest absolute Gasteiger partial charge is 0.368 e. The fraction of sp³-hybridized carbons (Fsp3) is 0.579. The average molecular weight is 345 g/mol. The van der Waals surface area contributed by atoms with Crippen LogP contribution in [0.15, 0.2) is 30.3 Å². The number of hydrogen-bond donors (Lipinski definition) is 1. The second kappa shape index (κ2) is 7.14. The van der Waals surface area contributed by atoms with Crippen molar-refractivity contribution in [3.05, 3.63) is 35.9 Å². The van der Waals surface area contributed by atoms with Gasteiger partial charge in [0.1, 0.15) is 5.54 Å². The molecule has 2 unspecified atom stereocenters. The minimum Gasteiger partial charge on any atom is -0.368 e. The molecule has 2 aliphatic rings. The second-order valence-electron chi connectivity index (χ2n) is 7.47. The lowest BCUT2D eigenvalue weighted by Gasteiger charge is -2.37. The van der Waals surface area contributed by atoms with Crippen molar-refractivity contribution >= 4 is 11.9 Å². The summed E-state index contributed by atoms with van der Waals surface area (Å²) in [5.41, 5.74) is 0.401. The van der Waals surface area contributed by atoms with E-state index in [9.17, 15) is 9.59 Å². The number of ether oxygens (including phenoxy) is 1. The van der Waals surface area contributed by atoms with E-state index in [1.165, 1.54) is 10.5 Å². The van der Waals surface area contributed by atoms with E-state index in [0.717, 1.165) is 26.1 Å². The molecule has 0 spiro atoms. The van der Waals surface area contributed by atoms with Crippen LogP contribution in [-0.2, 0) is 9.53 Å². The zero-order valence-corrected chi connectivity index (χ0v) is 15.2. The van der Waals surface area contributed by atoms with E-state index in [1.54, 1.807) is 13.8 Å². The van der Waals surface area contributed by atoms with E-state index in [4.69, 9.17) is 4.74 Å². The van der Waals surface area contributed by atoms with Gasteiger partial charge < -0.3 is 10.1 Å². The smallest absolute Gasteiger partial charge is 0.325 e. The first-order valence-corrected chi connectivity index (χ1v) is 8.93. The molecule has 3 rings (SSSR count). The molecule has 1 N–H and O–H groups in total. The highest BCUT2D eigenvalue weighted by Crippen LogP contribution is 2.25. The number of morpholine rings is 1. The van der Waals surface area contributed by atoms with Crippen LogP contribution in [-0.4, -0.2) is 59.6 Å². The normalized spacial score (nSPS) is 26.8. The van der Waals surface area contributed by atoms with Gasteiger partial charge in [-0.05, 0) is 32.8 Å². The number of urea groups is 1. The summed E-state index contributed by atoms with van der Waals surface area (Å²) >= 11 is 0. The SMILES string of the molecule is CC1CN(CCCN2C(=O)NC(C)(C)C2=O)CC(c2ccccc2)O1. The first-order valence-electron chi connectivity index (χ1n) is 8.93. The van der Waals surface area contributed by atoms with Gasteiger partial charge in [0.15, 0.2) is 0 Å². The molecule has 0 aromatic heterocycles. The van der Waals surface area contributed by atoms with Gasteiger partial charge >= 0.3 is 6.03 Å². The quantitative estimate of drug-likeness (QED) is 0.831. The number of carbonyl (C=O) groups is 2. The highest BCUT2D eigenvalue weighted by Gasteiger charge is 2.43. The van der Waals surface area contributed by atoms with Crippen molar-refractivity contribution in [1.82, 2.24) is 15.1 Å². The molecule has 2 atom stereocenters. The van der Waals surface area contributed by atoms with Gasteiger partial charge in [-0.15, -0.1) is 0 Å². The van der Waals surface area contributed by atoms with Gasteiger partial charge in [-0.25, -0.2) is 4.79 Å².